The fourth-order valence-electron chi connectivity index (χ4n) is 2.52. The number of esters is 2. The Bertz CT molecular complexity index is 673. The van der Waals surface area contributed by atoms with Crippen molar-refractivity contribution in [3.63, 3.8) is 0 Å². The molecule has 28 heavy (non-hydrogen) atoms. The number of unbranched alkanes of at least 4 members (excludes halogenated alkanes) is 2. The van der Waals surface area contributed by atoms with Crippen LogP contribution in [-0.4, -0.2) is 36.4 Å². The van der Waals surface area contributed by atoms with Crippen molar-refractivity contribution < 1.29 is 24.2 Å². The third-order valence-electron chi connectivity index (χ3n) is 4.47. The predicted octanol–water partition coefficient (Wildman–Crippen LogP) is 4.10. The van der Waals surface area contributed by atoms with Gasteiger partial charge in [-0.2, -0.15) is 0 Å². The molecule has 2 unspecified atom stereocenters. The summed E-state index contributed by atoms with van der Waals surface area (Å²) in [5, 5.41) is 9.45. The Balaban J connectivity index is 2.81. The van der Waals surface area contributed by atoms with Gasteiger partial charge in [-0.25, -0.2) is 9.59 Å². The molecule has 2 atom stereocenters. The predicted molar refractivity (Wildman–Crippen MR) is 110 cm³/mol. The number of aliphatic hydroxyl groups is 1. The Kier molecular flexibility index (Phi) is 10.2. The molecular weight excluding hydrogens is 356 g/mol. The zero-order valence-corrected chi connectivity index (χ0v) is 17.2. The number of hydrogen-bond donors (Lipinski definition) is 1. The number of hydrogen-bond acceptors (Lipinski definition) is 5. The fourth-order valence-corrected chi connectivity index (χ4v) is 2.52. The van der Waals surface area contributed by atoms with Crippen LogP contribution in [0.4, 0.5) is 0 Å². The molecular formula is C23H32O5. The van der Waals surface area contributed by atoms with E-state index in [1.54, 1.807) is 6.92 Å². The summed E-state index contributed by atoms with van der Waals surface area (Å²) < 4.78 is 10.5. The normalized spacial score (nSPS) is 12.7. The molecule has 0 aliphatic carbocycles. The Morgan fingerprint density at radius 3 is 2.11 bits per heavy atom. The second kappa shape index (κ2) is 12.1. The SMILES string of the molecule is C=C(C)C(=O)OCC(COC(=O)C(=C)C(C)O)c1ccc(CCCCC)cc1. The average molecular weight is 389 g/mol. The Hall–Kier alpha value is -2.40. The first kappa shape index (κ1) is 23.6. The largest absolute Gasteiger partial charge is 0.462 e. The monoisotopic (exact) mass is 388 g/mol. The van der Waals surface area contributed by atoms with Crippen LogP contribution >= 0.6 is 0 Å². The molecule has 154 valence electrons. The highest BCUT2D eigenvalue weighted by Crippen LogP contribution is 2.20. The van der Waals surface area contributed by atoms with Crippen molar-refractivity contribution in [2.45, 2.75) is 58.5 Å². The number of carbonyl (C=O) groups is 2. The molecule has 1 rings (SSSR count). The third kappa shape index (κ3) is 8.09. The van der Waals surface area contributed by atoms with Crippen LogP contribution in [0, 0.1) is 0 Å². The molecule has 0 radical (unpaired) electrons. The molecule has 0 aromatic heterocycles. The van der Waals surface area contributed by atoms with E-state index in [9.17, 15) is 14.7 Å². The van der Waals surface area contributed by atoms with Gasteiger partial charge in [-0.3, -0.25) is 0 Å². The quantitative estimate of drug-likeness (QED) is 0.331. The molecule has 5 nitrogen and oxygen atoms in total. The van der Waals surface area contributed by atoms with Gasteiger partial charge >= 0.3 is 11.9 Å². The lowest BCUT2D eigenvalue weighted by Crippen LogP contribution is -2.22. The number of benzene rings is 1. The summed E-state index contributed by atoms with van der Waals surface area (Å²) in [6, 6.07) is 8.04. The van der Waals surface area contributed by atoms with Crippen LogP contribution in [0.25, 0.3) is 0 Å². The standard InChI is InChI=1S/C23H32O5/c1-6-7-8-9-19-10-12-20(13-11-19)21(14-27-22(25)16(2)3)15-28-23(26)17(4)18(5)24/h10-13,18,21,24H,2,4,6-9,14-15H2,1,3,5H3. The van der Waals surface area contributed by atoms with Gasteiger partial charge in [-0.1, -0.05) is 57.2 Å². The minimum atomic E-state index is -0.977. The van der Waals surface area contributed by atoms with Crippen molar-refractivity contribution >= 4 is 11.9 Å². The molecule has 0 spiro atoms. The number of carbonyl (C=O) groups excluding carboxylic acids is 2. The highest BCUT2D eigenvalue weighted by atomic mass is 16.5. The molecule has 0 amide bonds. The number of aryl methyl sites for hydroxylation is 1. The van der Waals surface area contributed by atoms with E-state index in [0.717, 1.165) is 18.4 Å². The smallest absolute Gasteiger partial charge is 0.336 e. The van der Waals surface area contributed by atoms with Gasteiger partial charge in [0.05, 0.1) is 17.6 Å². The topological polar surface area (TPSA) is 72.8 Å². The first-order valence-corrected chi connectivity index (χ1v) is 9.71. The number of rotatable bonds is 12. The summed E-state index contributed by atoms with van der Waals surface area (Å²) in [6.45, 7) is 12.4. The zero-order valence-electron chi connectivity index (χ0n) is 17.2. The summed E-state index contributed by atoms with van der Waals surface area (Å²) in [5.74, 6) is -1.47. The highest BCUT2D eigenvalue weighted by Gasteiger charge is 2.20. The molecule has 0 saturated heterocycles. The first-order chi connectivity index (χ1) is 13.3. The molecule has 0 saturated carbocycles. The van der Waals surface area contributed by atoms with Gasteiger partial charge in [-0.15, -0.1) is 0 Å². The van der Waals surface area contributed by atoms with Crippen LogP contribution in [-0.2, 0) is 25.5 Å². The maximum atomic E-state index is 12.0. The molecule has 1 aromatic rings. The van der Waals surface area contributed by atoms with Crippen LogP contribution in [0.3, 0.4) is 0 Å². The van der Waals surface area contributed by atoms with Gasteiger partial charge in [0.2, 0.25) is 0 Å². The average Bonchev–Trinajstić information content (AvgIpc) is 2.67. The van der Waals surface area contributed by atoms with Gasteiger partial charge in [0.25, 0.3) is 0 Å². The zero-order chi connectivity index (χ0) is 21.1. The molecule has 1 N–H and O–H groups in total. The van der Waals surface area contributed by atoms with E-state index in [-0.39, 0.29) is 24.7 Å². The molecule has 0 heterocycles. The maximum absolute atomic E-state index is 12.0. The minimum absolute atomic E-state index is 0.0102. The second-order valence-electron chi connectivity index (χ2n) is 7.07. The third-order valence-corrected chi connectivity index (χ3v) is 4.47. The summed E-state index contributed by atoms with van der Waals surface area (Å²) in [6.07, 6.45) is 3.57. The van der Waals surface area contributed by atoms with E-state index in [1.165, 1.54) is 25.3 Å². The Labute approximate surface area is 168 Å². The van der Waals surface area contributed by atoms with Gasteiger partial charge in [0, 0.05) is 5.57 Å². The Morgan fingerprint density at radius 2 is 1.61 bits per heavy atom. The highest BCUT2D eigenvalue weighted by molar-refractivity contribution is 5.88. The first-order valence-electron chi connectivity index (χ1n) is 9.71. The van der Waals surface area contributed by atoms with E-state index in [4.69, 9.17) is 9.47 Å². The second-order valence-corrected chi connectivity index (χ2v) is 7.07. The lowest BCUT2D eigenvalue weighted by molar-refractivity contribution is -0.143. The van der Waals surface area contributed by atoms with E-state index in [2.05, 4.69) is 32.2 Å². The summed E-state index contributed by atoms with van der Waals surface area (Å²) in [5.41, 5.74) is 2.45. The molecule has 0 bridgehead atoms. The number of aliphatic hydroxyl groups excluding tert-OH is 1. The van der Waals surface area contributed by atoms with Crippen LogP contribution in [0.5, 0.6) is 0 Å². The van der Waals surface area contributed by atoms with Crippen molar-refractivity contribution in [2.24, 2.45) is 0 Å². The van der Waals surface area contributed by atoms with E-state index in [1.807, 2.05) is 12.1 Å². The molecule has 0 aliphatic rings. The van der Waals surface area contributed by atoms with Gasteiger partial charge in [0.15, 0.2) is 0 Å². The lowest BCUT2D eigenvalue weighted by Gasteiger charge is -2.19. The summed E-state index contributed by atoms with van der Waals surface area (Å²) in [7, 11) is 0. The van der Waals surface area contributed by atoms with Crippen molar-refractivity contribution in [1.82, 2.24) is 0 Å². The van der Waals surface area contributed by atoms with Crippen molar-refractivity contribution in [2.75, 3.05) is 13.2 Å². The molecule has 1 aromatic carbocycles. The molecule has 0 fully saturated rings. The van der Waals surface area contributed by atoms with Crippen LogP contribution in [0.15, 0.2) is 48.6 Å². The van der Waals surface area contributed by atoms with E-state index >= 15 is 0 Å². The van der Waals surface area contributed by atoms with Gasteiger partial charge in [0.1, 0.15) is 13.2 Å². The van der Waals surface area contributed by atoms with E-state index in [0.29, 0.717) is 5.57 Å². The lowest BCUT2D eigenvalue weighted by atomic mass is 9.98. The summed E-state index contributed by atoms with van der Waals surface area (Å²) in [4.78, 5) is 23.7. The summed E-state index contributed by atoms with van der Waals surface area (Å²) >= 11 is 0. The van der Waals surface area contributed by atoms with Crippen molar-refractivity contribution in [3.8, 4) is 0 Å². The van der Waals surface area contributed by atoms with Crippen LogP contribution in [0.1, 0.15) is 57.1 Å². The maximum Gasteiger partial charge on any atom is 0.336 e. The minimum Gasteiger partial charge on any atom is -0.462 e. The Morgan fingerprint density at radius 1 is 1.04 bits per heavy atom. The van der Waals surface area contributed by atoms with Crippen molar-refractivity contribution in [1.29, 1.82) is 0 Å². The molecule has 0 aliphatic heterocycles. The van der Waals surface area contributed by atoms with Gasteiger partial charge < -0.3 is 14.6 Å². The van der Waals surface area contributed by atoms with Crippen LogP contribution in [0.2, 0.25) is 0 Å². The molecule has 5 heteroatoms. The fraction of sp³-hybridized carbons (Fsp3) is 0.478. The van der Waals surface area contributed by atoms with Crippen molar-refractivity contribution in [3.05, 3.63) is 59.7 Å². The number of ether oxygens (including phenoxy) is 2. The van der Waals surface area contributed by atoms with Crippen LogP contribution < -0.4 is 0 Å². The van der Waals surface area contributed by atoms with Gasteiger partial charge in [-0.05, 0) is 37.8 Å². The van der Waals surface area contributed by atoms with E-state index < -0.39 is 18.0 Å².